The Kier molecular flexibility index (Phi) is 5.59. The van der Waals surface area contributed by atoms with E-state index in [1.807, 2.05) is 25.1 Å². The average molecular weight is 287 g/mol. The molecule has 0 aliphatic carbocycles. The molecule has 5 heteroatoms. The number of ether oxygens (including phenoxy) is 1. The van der Waals surface area contributed by atoms with Crippen molar-refractivity contribution in [3.63, 3.8) is 0 Å². The summed E-state index contributed by atoms with van der Waals surface area (Å²) in [5.41, 5.74) is 1.80. The lowest BCUT2D eigenvalue weighted by Gasteiger charge is -2.31. The Morgan fingerprint density at radius 3 is 2.90 bits per heavy atom. The highest BCUT2D eigenvalue weighted by atomic mass is 16.6. The summed E-state index contributed by atoms with van der Waals surface area (Å²) < 4.78 is 5.01. The van der Waals surface area contributed by atoms with Gasteiger partial charge in [-0.3, -0.25) is 0 Å². The minimum atomic E-state index is -0.210. The van der Waals surface area contributed by atoms with Crippen LogP contribution in [0.25, 0.3) is 0 Å². The van der Waals surface area contributed by atoms with E-state index in [2.05, 4.69) is 11.4 Å². The van der Waals surface area contributed by atoms with Gasteiger partial charge in [-0.2, -0.15) is 5.26 Å². The molecule has 0 aromatic heterocycles. The van der Waals surface area contributed by atoms with Gasteiger partial charge >= 0.3 is 6.09 Å². The maximum Gasteiger partial charge on any atom is 0.409 e. The zero-order valence-electron chi connectivity index (χ0n) is 12.3. The number of piperidine rings is 1. The minimum Gasteiger partial charge on any atom is -0.450 e. The highest BCUT2D eigenvalue weighted by Crippen LogP contribution is 2.12. The van der Waals surface area contributed by atoms with Crippen LogP contribution >= 0.6 is 0 Å². The SMILES string of the molecule is CCOC(=O)N1CCC(NCc2cccc(C#N)c2)CC1. The minimum absolute atomic E-state index is 0.210. The van der Waals surface area contributed by atoms with Gasteiger partial charge in [-0.15, -0.1) is 0 Å². The van der Waals surface area contributed by atoms with Gasteiger partial charge in [0.25, 0.3) is 0 Å². The number of amides is 1. The van der Waals surface area contributed by atoms with Crippen molar-refractivity contribution in [1.82, 2.24) is 10.2 Å². The lowest BCUT2D eigenvalue weighted by Crippen LogP contribution is -2.44. The van der Waals surface area contributed by atoms with E-state index >= 15 is 0 Å². The van der Waals surface area contributed by atoms with Crippen molar-refractivity contribution >= 4 is 6.09 Å². The van der Waals surface area contributed by atoms with Gasteiger partial charge in [0.05, 0.1) is 18.2 Å². The van der Waals surface area contributed by atoms with Crippen LogP contribution in [0.2, 0.25) is 0 Å². The number of nitriles is 1. The Morgan fingerprint density at radius 2 is 2.24 bits per heavy atom. The first-order chi connectivity index (χ1) is 10.2. The van der Waals surface area contributed by atoms with Crippen LogP contribution in [0.5, 0.6) is 0 Å². The number of nitrogens with one attached hydrogen (secondary N) is 1. The summed E-state index contributed by atoms with van der Waals surface area (Å²) in [5.74, 6) is 0. The Morgan fingerprint density at radius 1 is 1.48 bits per heavy atom. The Balaban J connectivity index is 1.76. The molecule has 1 aromatic carbocycles. The van der Waals surface area contributed by atoms with E-state index in [-0.39, 0.29) is 6.09 Å². The highest BCUT2D eigenvalue weighted by molar-refractivity contribution is 5.67. The second-order valence-corrected chi connectivity index (χ2v) is 5.15. The number of hydrogen-bond acceptors (Lipinski definition) is 4. The summed E-state index contributed by atoms with van der Waals surface area (Å²) in [7, 11) is 0. The standard InChI is InChI=1S/C16H21N3O2/c1-2-21-16(20)19-8-6-15(7-9-19)18-12-14-5-3-4-13(10-14)11-17/h3-5,10,15,18H,2,6-9,12H2,1H3. The Bertz CT molecular complexity index is 516. The van der Waals surface area contributed by atoms with Gasteiger partial charge in [-0.25, -0.2) is 4.79 Å². The van der Waals surface area contributed by atoms with Gasteiger partial charge < -0.3 is 15.0 Å². The number of carbonyl (C=O) groups is 1. The lowest BCUT2D eigenvalue weighted by molar-refractivity contribution is 0.0950. The Labute approximate surface area is 125 Å². The summed E-state index contributed by atoms with van der Waals surface area (Å²) >= 11 is 0. The maximum atomic E-state index is 11.6. The van der Waals surface area contributed by atoms with Gasteiger partial charge in [0.1, 0.15) is 0 Å². The predicted molar refractivity (Wildman–Crippen MR) is 79.6 cm³/mol. The van der Waals surface area contributed by atoms with Crippen molar-refractivity contribution in [3.8, 4) is 6.07 Å². The number of carbonyl (C=O) groups excluding carboxylic acids is 1. The normalized spacial score (nSPS) is 15.5. The largest absolute Gasteiger partial charge is 0.450 e. The molecule has 0 radical (unpaired) electrons. The molecule has 0 saturated carbocycles. The number of benzene rings is 1. The molecule has 2 rings (SSSR count). The fourth-order valence-electron chi connectivity index (χ4n) is 2.49. The number of likely N-dealkylation sites (tertiary alicyclic amines) is 1. The van der Waals surface area contributed by atoms with Crippen molar-refractivity contribution < 1.29 is 9.53 Å². The molecular formula is C16H21N3O2. The molecule has 1 aliphatic rings. The van der Waals surface area contributed by atoms with Crippen LogP contribution < -0.4 is 5.32 Å². The van der Waals surface area contributed by atoms with Crippen molar-refractivity contribution in [3.05, 3.63) is 35.4 Å². The first-order valence-electron chi connectivity index (χ1n) is 7.37. The van der Waals surface area contributed by atoms with E-state index in [4.69, 9.17) is 10.00 Å². The monoisotopic (exact) mass is 287 g/mol. The molecule has 112 valence electrons. The van der Waals surface area contributed by atoms with E-state index < -0.39 is 0 Å². The molecule has 1 fully saturated rings. The number of rotatable bonds is 4. The summed E-state index contributed by atoms with van der Waals surface area (Å²) in [6.45, 7) is 4.46. The van der Waals surface area contributed by atoms with Crippen molar-refractivity contribution in [2.75, 3.05) is 19.7 Å². The van der Waals surface area contributed by atoms with Gasteiger partial charge in [-0.1, -0.05) is 12.1 Å². The smallest absolute Gasteiger partial charge is 0.409 e. The fourth-order valence-corrected chi connectivity index (χ4v) is 2.49. The lowest BCUT2D eigenvalue weighted by atomic mass is 10.0. The molecular weight excluding hydrogens is 266 g/mol. The number of hydrogen-bond donors (Lipinski definition) is 1. The summed E-state index contributed by atoms with van der Waals surface area (Å²) in [6.07, 6.45) is 1.64. The molecule has 1 amide bonds. The van der Waals surface area contributed by atoms with Crippen molar-refractivity contribution in [2.45, 2.75) is 32.4 Å². The quantitative estimate of drug-likeness (QED) is 0.922. The zero-order chi connectivity index (χ0) is 15.1. The topological polar surface area (TPSA) is 65.4 Å². The van der Waals surface area contributed by atoms with Crippen LogP contribution in [-0.4, -0.2) is 36.7 Å². The summed E-state index contributed by atoms with van der Waals surface area (Å²) in [4.78, 5) is 13.4. The van der Waals surface area contributed by atoms with Crippen LogP contribution in [0.4, 0.5) is 4.79 Å². The van der Waals surface area contributed by atoms with Gasteiger partial charge in [0, 0.05) is 25.7 Å². The second-order valence-electron chi connectivity index (χ2n) is 5.15. The molecule has 1 aliphatic heterocycles. The van der Waals surface area contributed by atoms with E-state index in [0.29, 0.717) is 18.2 Å². The zero-order valence-corrected chi connectivity index (χ0v) is 12.3. The fraction of sp³-hybridized carbons (Fsp3) is 0.500. The molecule has 5 nitrogen and oxygen atoms in total. The van der Waals surface area contributed by atoms with E-state index in [1.165, 1.54) is 0 Å². The molecule has 0 bridgehead atoms. The summed E-state index contributed by atoms with van der Waals surface area (Å²) in [5, 5.41) is 12.4. The molecule has 0 unspecified atom stereocenters. The van der Waals surface area contributed by atoms with Gasteiger partial charge in [0.2, 0.25) is 0 Å². The maximum absolute atomic E-state index is 11.6. The van der Waals surface area contributed by atoms with Crippen LogP contribution in [0.15, 0.2) is 24.3 Å². The molecule has 0 spiro atoms. The summed E-state index contributed by atoms with van der Waals surface area (Å²) in [6, 6.07) is 10.2. The van der Waals surface area contributed by atoms with Gasteiger partial charge in [-0.05, 0) is 37.5 Å². The third-order valence-electron chi connectivity index (χ3n) is 3.67. The highest BCUT2D eigenvalue weighted by Gasteiger charge is 2.22. The average Bonchev–Trinajstić information content (AvgIpc) is 2.54. The predicted octanol–water partition coefficient (Wildman–Crippen LogP) is 2.27. The molecule has 1 heterocycles. The van der Waals surface area contributed by atoms with E-state index in [9.17, 15) is 4.79 Å². The molecule has 0 atom stereocenters. The van der Waals surface area contributed by atoms with Gasteiger partial charge in [0.15, 0.2) is 0 Å². The molecule has 1 aromatic rings. The molecule has 1 N–H and O–H groups in total. The molecule has 1 saturated heterocycles. The first kappa shape index (κ1) is 15.3. The number of nitrogens with zero attached hydrogens (tertiary/aromatic N) is 2. The third-order valence-corrected chi connectivity index (χ3v) is 3.67. The van der Waals surface area contributed by atoms with Crippen LogP contribution in [0.3, 0.4) is 0 Å². The first-order valence-corrected chi connectivity index (χ1v) is 7.37. The van der Waals surface area contributed by atoms with Crippen molar-refractivity contribution in [1.29, 1.82) is 5.26 Å². The van der Waals surface area contributed by atoms with Crippen LogP contribution in [-0.2, 0) is 11.3 Å². The van der Waals surface area contributed by atoms with Crippen molar-refractivity contribution in [2.24, 2.45) is 0 Å². The second kappa shape index (κ2) is 7.65. The van der Waals surface area contributed by atoms with E-state index in [0.717, 1.165) is 38.0 Å². The third kappa shape index (κ3) is 4.47. The molecule has 21 heavy (non-hydrogen) atoms. The van der Waals surface area contributed by atoms with E-state index in [1.54, 1.807) is 11.0 Å². The Hall–Kier alpha value is -2.06. The van der Waals surface area contributed by atoms with Crippen LogP contribution in [0.1, 0.15) is 30.9 Å². The van der Waals surface area contributed by atoms with Crippen LogP contribution in [0, 0.1) is 11.3 Å².